The Hall–Kier alpha value is -1.00. The zero-order chi connectivity index (χ0) is 14.7. The van der Waals surface area contributed by atoms with Crippen molar-refractivity contribution in [1.29, 1.82) is 0 Å². The van der Waals surface area contributed by atoms with Crippen LogP contribution in [-0.4, -0.2) is 42.2 Å². The molecule has 21 heavy (non-hydrogen) atoms. The molecule has 0 bridgehead atoms. The number of rotatable bonds is 2. The van der Waals surface area contributed by atoms with Crippen molar-refractivity contribution < 1.29 is 4.79 Å². The number of benzene rings is 1. The number of piperazine rings is 1. The molecule has 1 aliphatic heterocycles. The van der Waals surface area contributed by atoms with E-state index in [-0.39, 0.29) is 11.4 Å². The molecule has 4 heteroatoms. The number of carbonyl (C=O) groups is 1. The van der Waals surface area contributed by atoms with Crippen molar-refractivity contribution in [2.24, 2.45) is 0 Å². The standard InChI is InChI=1S/C17H24N2OS/c1-21-15-7-5-14(6-8-15)16(20)19-12-11-18-13-17(19)9-3-2-4-10-17/h5-8,18H,2-4,9-13H2,1H3. The van der Waals surface area contributed by atoms with Crippen molar-refractivity contribution in [1.82, 2.24) is 10.2 Å². The number of carbonyl (C=O) groups excluding carboxylic acids is 1. The maximum Gasteiger partial charge on any atom is 0.254 e. The Kier molecular flexibility index (Phi) is 4.55. The first-order valence-corrected chi connectivity index (χ1v) is 9.14. The normalized spacial score (nSPS) is 21.5. The van der Waals surface area contributed by atoms with E-state index >= 15 is 0 Å². The quantitative estimate of drug-likeness (QED) is 0.852. The molecule has 1 spiro atoms. The van der Waals surface area contributed by atoms with Crippen molar-refractivity contribution in [2.45, 2.75) is 42.5 Å². The lowest BCUT2D eigenvalue weighted by Crippen LogP contribution is -2.63. The van der Waals surface area contributed by atoms with Gasteiger partial charge >= 0.3 is 0 Å². The minimum atomic E-state index is 0.0613. The van der Waals surface area contributed by atoms with Gasteiger partial charge in [0.15, 0.2) is 0 Å². The number of hydrogen-bond acceptors (Lipinski definition) is 3. The lowest BCUT2D eigenvalue weighted by atomic mass is 9.78. The summed E-state index contributed by atoms with van der Waals surface area (Å²) in [6.45, 7) is 2.71. The van der Waals surface area contributed by atoms with Crippen LogP contribution in [0.25, 0.3) is 0 Å². The van der Waals surface area contributed by atoms with Crippen molar-refractivity contribution in [2.75, 3.05) is 25.9 Å². The van der Waals surface area contributed by atoms with Crippen LogP contribution in [0.1, 0.15) is 42.5 Å². The Morgan fingerprint density at radius 1 is 1.19 bits per heavy atom. The monoisotopic (exact) mass is 304 g/mol. The maximum atomic E-state index is 13.0. The third-order valence-electron chi connectivity index (χ3n) is 4.91. The number of hydrogen-bond donors (Lipinski definition) is 1. The smallest absolute Gasteiger partial charge is 0.254 e. The second kappa shape index (κ2) is 6.41. The summed E-state index contributed by atoms with van der Waals surface area (Å²) in [5.41, 5.74) is 0.894. The number of nitrogens with one attached hydrogen (secondary N) is 1. The van der Waals surface area contributed by atoms with Gasteiger partial charge in [0.1, 0.15) is 0 Å². The molecule has 1 heterocycles. The maximum absolute atomic E-state index is 13.0. The van der Waals surface area contributed by atoms with Crippen LogP contribution in [0.5, 0.6) is 0 Å². The summed E-state index contributed by atoms with van der Waals surface area (Å²) >= 11 is 1.71. The lowest BCUT2D eigenvalue weighted by Gasteiger charge is -2.49. The van der Waals surface area contributed by atoms with E-state index < -0.39 is 0 Å². The highest BCUT2D eigenvalue weighted by Crippen LogP contribution is 2.35. The fourth-order valence-corrected chi connectivity index (χ4v) is 4.12. The van der Waals surface area contributed by atoms with E-state index in [1.807, 2.05) is 24.3 Å². The summed E-state index contributed by atoms with van der Waals surface area (Å²) < 4.78 is 0. The Balaban J connectivity index is 1.83. The fraction of sp³-hybridized carbons (Fsp3) is 0.588. The molecule has 0 radical (unpaired) electrons. The van der Waals surface area contributed by atoms with Crippen molar-refractivity contribution in [3.63, 3.8) is 0 Å². The predicted octanol–water partition coefficient (Wildman–Crippen LogP) is 3.16. The zero-order valence-electron chi connectivity index (χ0n) is 12.7. The number of amides is 1. The Labute approximate surface area is 131 Å². The van der Waals surface area contributed by atoms with Crippen LogP contribution in [0.15, 0.2) is 29.2 Å². The van der Waals surface area contributed by atoms with Crippen LogP contribution >= 0.6 is 11.8 Å². The summed E-state index contributed by atoms with van der Waals surface area (Å²) in [6, 6.07) is 8.06. The third-order valence-corrected chi connectivity index (χ3v) is 5.65. The average Bonchev–Trinajstić information content (AvgIpc) is 2.55. The predicted molar refractivity (Wildman–Crippen MR) is 87.9 cm³/mol. The van der Waals surface area contributed by atoms with Crippen LogP contribution in [0.4, 0.5) is 0 Å². The molecule has 2 fully saturated rings. The van der Waals surface area contributed by atoms with Gasteiger partial charge in [-0.2, -0.15) is 0 Å². The van der Waals surface area contributed by atoms with Crippen molar-refractivity contribution in [3.8, 4) is 0 Å². The van der Waals surface area contributed by atoms with Crippen LogP contribution in [0, 0.1) is 0 Å². The van der Waals surface area contributed by atoms with E-state index in [1.54, 1.807) is 11.8 Å². The van der Waals surface area contributed by atoms with Crippen molar-refractivity contribution >= 4 is 17.7 Å². The van der Waals surface area contributed by atoms with Gasteiger partial charge in [0.25, 0.3) is 5.91 Å². The summed E-state index contributed by atoms with van der Waals surface area (Å²) in [4.78, 5) is 16.3. The van der Waals surface area contributed by atoms with Gasteiger partial charge < -0.3 is 10.2 Å². The first-order valence-electron chi connectivity index (χ1n) is 7.92. The molecule has 0 atom stereocenters. The van der Waals surface area contributed by atoms with Gasteiger partial charge in [0.05, 0.1) is 5.54 Å². The van der Waals surface area contributed by atoms with Crippen LogP contribution < -0.4 is 5.32 Å². The van der Waals surface area contributed by atoms with Gasteiger partial charge in [-0.25, -0.2) is 0 Å². The van der Waals surface area contributed by atoms with E-state index in [0.717, 1.165) is 38.0 Å². The molecule has 1 amide bonds. The van der Waals surface area contributed by atoms with E-state index in [2.05, 4.69) is 16.5 Å². The minimum Gasteiger partial charge on any atom is -0.330 e. The van der Waals surface area contributed by atoms with E-state index in [9.17, 15) is 4.79 Å². The molecule has 1 saturated carbocycles. The molecule has 1 aromatic rings. The molecule has 1 aliphatic carbocycles. The van der Waals surface area contributed by atoms with E-state index in [1.165, 1.54) is 24.2 Å². The Bertz CT molecular complexity index is 486. The lowest BCUT2D eigenvalue weighted by molar-refractivity contribution is 0.0222. The molecule has 2 aliphatic rings. The Morgan fingerprint density at radius 3 is 2.57 bits per heavy atom. The number of nitrogens with zero attached hydrogens (tertiary/aromatic N) is 1. The van der Waals surface area contributed by atoms with Gasteiger partial charge in [-0.1, -0.05) is 19.3 Å². The summed E-state index contributed by atoms with van der Waals surface area (Å²) in [5, 5.41) is 3.50. The SMILES string of the molecule is CSc1ccc(C(=O)N2CCNCC23CCCCC3)cc1. The van der Waals surface area contributed by atoms with Crippen LogP contribution in [0.2, 0.25) is 0 Å². The highest BCUT2D eigenvalue weighted by Gasteiger charge is 2.42. The molecule has 3 nitrogen and oxygen atoms in total. The summed E-state index contributed by atoms with van der Waals surface area (Å²) in [5.74, 6) is 0.214. The second-order valence-electron chi connectivity index (χ2n) is 6.15. The van der Waals surface area contributed by atoms with Gasteiger partial charge in [-0.05, 0) is 43.4 Å². The minimum absolute atomic E-state index is 0.0613. The second-order valence-corrected chi connectivity index (χ2v) is 7.03. The van der Waals surface area contributed by atoms with E-state index in [0.29, 0.717) is 0 Å². The van der Waals surface area contributed by atoms with Gasteiger partial charge in [0.2, 0.25) is 0 Å². The van der Waals surface area contributed by atoms with Crippen LogP contribution in [-0.2, 0) is 0 Å². The first-order chi connectivity index (χ1) is 10.2. The molecular weight excluding hydrogens is 280 g/mol. The molecule has 1 N–H and O–H groups in total. The number of thioether (sulfide) groups is 1. The highest BCUT2D eigenvalue weighted by atomic mass is 32.2. The summed E-state index contributed by atoms with van der Waals surface area (Å²) in [6.07, 6.45) is 8.16. The molecular formula is C17H24N2OS. The van der Waals surface area contributed by atoms with Gasteiger partial charge in [0, 0.05) is 30.1 Å². The van der Waals surface area contributed by atoms with E-state index in [4.69, 9.17) is 0 Å². The topological polar surface area (TPSA) is 32.3 Å². The molecule has 0 aromatic heterocycles. The largest absolute Gasteiger partial charge is 0.330 e. The molecule has 1 aromatic carbocycles. The third kappa shape index (κ3) is 2.97. The van der Waals surface area contributed by atoms with Gasteiger partial charge in [-0.3, -0.25) is 4.79 Å². The van der Waals surface area contributed by atoms with Crippen molar-refractivity contribution in [3.05, 3.63) is 29.8 Å². The van der Waals surface area contributed by atoms with Crippen LogP contribution in [0.3, 0.4) is 0 Å². The average molecular weight is 304 g/mol. The molecule has 3 rings (SSSR count). The molecule has 1 saturated heterocycles. The zero-order valence-corrected chi connectivity index (χ0v) is 13.5. The summed E-state index contributed by atoms with van der Waals surface area (Å²) in [7, 11) is 0. The first kappa shape index (κ1) is 14.9. The van der Waals surface area contributed by atoms with Gasteiger partial charge in [-0.15, -0.1) is 11.8 Å². The molecule has 114 valence electrons. The highest BCUT2D eigenvalue weighted by molar-refractivity contribution is 7.98. The molecule has 0 unspecified atom stereocenters. The fourth-order valence-electron chi connectivity index (χ4n) is 3.71. The Morgan fingerprint density at radius 2 is 1.90 bits per heavy atom.